The van der Waals surface area contributed by atoms with Gasteiger partial charge in [0.15, 0.2) is 5.78 Å². The van der Waals surface area contributed by atoms with Gasteiger partial charge < -0.3 is 5.73 Å². The number of nitrogen functional groups attached to an aromatic ring is 1. The van der Waals surface area contributed by atoms with Gasteiger partial charge in [-0.2, -0.15) is 0 Å². The van der Waals surface area contributed by atoms with Crippen molar-refractivity contribution in [1.29, 1.82) is 0 Å². The second-order valence-electron chi connectivity index (χ2n) is 2.89. The molecule has 0 radical (unpaired) electrons. The normalized spacial score (nSPS) is 15.6. The minimum absolute atomic E-state index is 0.196. The van der Waals surface area contributed by atoms with Gasteiger partial charge in [-0.3, -0.25) is 4.79 Å². The van der Waals surface area contributed by atoms with Gasteiger partial charge in [-0.05, 0) is 12.1 Å². The van der Waals surface area contributed by atoms with E-state index in [0.29, 0.717) is 12.1 Å². The molecule has 4 heteroatoms. The van der Waals surface area contributed by atoms with E-state index in [-0.39, 0.29) is 5.78 Å². The zero-order valence-corrected chi connectivity index (χ0v) is 9.24. The van der Waals surface area contributed by atoms with Crippen LogP contribution in [0.15, 0.2) is 21.5 Å². The summed E-state index contributed by atoms with van der Waals surface area (Å²) in [6.45, 7) is 0. The number of fused-ring (bicyclic) bond motifs is 1. The van der Waals surface area contributed by atoms with Crippen LogP contribution in [-0.2, 0) is 0 Å². The molecular weight excluding hydrogens is 250 g/mol. The van der Waals surface area contributed by atoms with Gasteiger partial charge in [0.1, 0.15) is 0 Å². The number of Topliss-reactive ketones (excluding diaryl/α,β-unsaturated/α-hetero) is 1. The molecule has 0 aromatic heterocycles. The summed E-state index contributed by atoms with van der Waals surface area (Å²) in [5.74, 6) is 1.04. The van der Waals surface area contributed by atoms with E-state index in [1.165, 1.54) is 0 Å². The number of halogens is 1. The summed E-state index contributed by atoms with van der Waals surface area (Å²) in [5.41, 5.74) is 7.26. The zero-order chi connectivity index (χ0) is 9.42. The molecular formula is C9H8BrNOS. The molecule has 1 aromatic carbocycles. The van der Waals surface area contributed by atoms with E-state index < -0.39 is 0 Å². The third kappa shape index (κ3) is 1.60. The van der Waals surface area contributed by atoms with Gasteiger partial charge in [-0.15, -0.1) is 11.8 Å². The van der Waals surface area contributed by atoms with Crippen molar-refractivity contribution in [3.8, 4) is 0 Å². The van der Waals surface area contributed by atoms with Crippen LogP contribution >= 0.6 is 27.7 Å². The highest BCUT2D eigenvalue weighted by atomic mass is 79.9. The maximum atomic E-state index is 11.5. The molecule has 0 amide bonds. The van der Waals surface area contributed by atoms with Crippen molar-refractivity contribution in [3.63, 3.8) is 0 Å². The maximum absolute atomic E-state index is 11.5. The minimum Gasteiger partial charge on any atom is -0.398 e. The summed E-state index contributed by atoms with van der Waals surface area (Å²) < 4.78 is 0.875. The van der Waals surface area contributed by atoms with E-state index in [2.05, 4.69) is 15.9 Å². The number of carbonyl (C=O) groups excluding carboxylic acids is 1. The number of carbonyl (C=O) groups is 1. The smallest absolute Gasteiger partial charge is 0.164 e. The number of rotatable bonds is 0. The quantitative estimate of drug-likeness (QED) is 0.727. The number of ketones is 1. The van der Waals surface area contributed by atoms with Gasteiger partial charge in [0.05, 0.1) is 0 Å². The van der Waals surface area contributed by atoms with Crippen LogP contribution in [0, 0.1) is 0 Å². The van der Waals surface area contributed by atoms with Crippen LogP contribution in [0.5, 0.6) is 0 Å². The number of anilines is 1. The SMILES string of the molecule is Nc1cc(Br)cc2c1SCCC2=O. The lowest BCUT2D eigenvalue weighted by molar-refractivity contribution is 0.0985. The number of hydrogen-bond acceptors (Lipinski definition) is 3. The van der Waals surface area contributed by atoms with Crippen LogP contribution < -0.4 is 5.73 Å². The molecule has 1 aliphatic rings. The highest BCUT2D eigenvalue weighted by Crippen LogP contribution is 2.36. The Morgan fingerprint density at radius 3 is 3.00 bits per heavy atom. The van der Waals surface area contributed by atoms with E-state index in [0.717, 1.165) is 20.7 Å². The molecule has 68 valence electrons. The molecule has 0 aliphatic carbocycles. The molecule has 0 saturated carbocycles. The van der Waals surface area contributed by atoms with Gasteiger partial charge in [0.2, 0.25) is 0 Å². The predicted octanol–water partition coefficient (Wildman–Crippen LogP) is 2.71. The van der Waals surface area contributed by atoms with Crippen molar-refractivity contribution in [2.24, 2.45) is 0 Å². The average molecular weight is 258 g/mol. The topological polar surface area (TPSA) is 43.1 Å². The average Bonchev–Trinajstić information content (AvgIpc) is 2.07. The first-order valence-corrected chi connectivity index (χ1v) is 5.71. The number of hydrogen-bond donors (Lipinski definition) is 1. The summed E-state index contributed by atoms with van der Waals surface area (Å²) in [7, 11) is 0. The summed E-state index contributed by atoms with van der Waals surface area (Å²) in [4.78, 5) is 12.4. The van der Waals surface area contributed by atoms with Gasteiger partial charge in [-0.25, -0.2) is 0 Å². The second-order valence-corrected chi connectivity index (χ2v) is 4.91. The van der Waals surface area contributed by atoms with E-state index >= 15 is 0 Å². The maximum Gasteiger partial charge on any atom is 0.164 e. The highest BCUT2D eigenvalue weighted by molar-refractivity contribution is 9.10. The first-order valence-electron chi connectivity index (χ1n) is 3.93. The molecule has 0 spiro atoms. The number of nitrogens with two attached hydrogens (primary N) is 1. The van der Waals surface area contributed by atoms with Crippen molar-refractivity contribution in [2.75, 3.05) is 11.5 Å². The molecule has 2 rings (SSSR count). The zero-order valence-electron chi connectivity index (χ0n) is 6.84. The van der Waals surface area contributed by atoms with Crippen LogP contribution in [0.3, 0.4) is 0 Å². The Morgan fingerprint density at radius 1 is 1.46 bits per heavy atom. The number of benzene rings is 1. The molecule has 0 unspecified atom stereocenters. The fourth-order valence-electron chi connectivity index (χ4n) is 1.36. The molecule has 0 fully saturated rings. The van der Waals surface area contributed by atoms with Gasteiger partial charge in [-0.1, -0.05) is 15.9 Å². The van der Waals surface area contributed by atoms with Crippen LogP contribution in [0.2, 0.25) is 0 Å². The summed E-state index contributed by atoms with van der Waals surface area (Å²) in [6, 6.07) is 3.69. The highest BCUT2D eigenvalue weighted by Gasteiger charge is 2.19. The Labute approximate surface area is 89.0 Å². The third-order valence-corrected chi connectivity index (χ3v) is 3.57. The van der Waals surface area contributed by atoms with Crippen molar-refractivity contribution in [3.05, 3.63) is 22.2 Å². The van der Waals surface area contributed by atoms with Crippen LogP contribution in [-0.4, -0.2) is 11.5 Å². The van der Waals surface area contributed by atoms with E-state index in [4.69, 9.17) is 5.73 Å². The summed E-state index contributed by atoms with van der Waals surface area (Å²) in [5, 5.41) is 0. The molecule has 1 heterocycles. The third-order valence-electron chi connectivity index (χ3n) is 1.96. The Kier molecular flexibility index (Phi) is 2.34. The Hall–Kier alpha value is -0.480. The minimum atomic E-state index is 0.196. The van der Waals surface area contributed by atoms with Crippen LogP contribution in [0.1, 0.15) is 16.8 Å². The molecule has 2 N–H and O–H groups in total. The van der Waals surface area contributed by atoms with Crippen LogP contribution in [0.4, 0.5) is 5.69 Å². The summed E-state index contributed by atoms with van der Waals surface area (Å²) in [6.07, 6.45) is 0.619. The van der Waals surface area contributed by atoms with E-state index in [9.17, 15) is 4.79 Å². The monoisotopic (exact) mass is 257 g/mol. The van der Waals surface area contributed by atoms with Crippen molar-refractivity contribution >= 4 is 39.2 Å². The molecule has 1 aromatic rings. The lowest BCUT2D eigenvalue weighted by Crippen LogP contribution is -2.09. The van der Waals surface area contributed by atoms with Crippen molar-refractivity contribution < 1.29 is 4.79 Å². The number of thioether (sulfide) groups is 1. The molecule has 0 atom stereocenters. The van der Waals surface area contributed by atoms with E-state index in [1.54, 1.807) is 11.8 Å². The Morgan fingerprint density at radius 2 is 2.23 bits per heavy atom. The van der Waals surface area contributed by atoms with Crippen molar-refractivity contribution in [2.45, 2.75) is 11.3 Å². The molecule has 13 heavy (non-hydrogen) atoms. The Bertz CT molecular complexity index is 378. The first kappa shape index (κ1) is 9.09. The van der Waals surface area contributed by atoms with Crippen molar-refractivity contribution in [1.82, 2.24) is 0 Å². The summed E-state index contributed by atoms with van der Waals surface area (Å²) >= 11 is 4.99. The van der Waals surface area contributed by atoms with Gasteiger partial charge in [0, 0.05) is 32.8 Å². The standard InChI is InChI=1S/C9H8BrNOS/c10-5-3-6-8(12)1-2-13-9(6)7(11)4-5/h3-4H,1-2,11H2. The lowest BCUT2D eigenvalue weighted by atomic mass is 10.1. The van der Waals surface area contributed by atoms with Gasteiger partial charge in [0.25, 0.3) is 0 Å². The Balaban J connectivity index is 2.63. The fraction of sp³-hybridized carbons (Fsp3) is 0.222. The second kappa shape index (κ2) is 3.35. The molecule has 1 aliphatic heterocycles. The molecule has 0 bridgehead atoms. The van der Waals surface area contributed by atoms with Crippen LogP contribution in [0.25, 0.3) is 0 Å². The molecule has 2 nitrogen and oxygen atoms in total. The lowest BCUT2D eigenvalue weighted by Gasteiger charge is -2.16. The predicted molar refractivity (Wildman–Crippen MR) is 58.2 cm³/mol. The first-order chi connectivity index (χ1) is 6.18. The fourth-order valence-corrected chi connectivity index (χ4v) is 2.88. The van der Waals surface area contributed by atoms with Gasteiger partial charge >= 0.3 is 0 Å². The largest absolute Gasteiger partial charge is 0.398 e. The van der Waals surface area contributed by atoms with E-state index in [1.807, 2.05) is 12.1 Å². The molecule has 0 saturated heterocycles.